The zero-order valence-corrected chi connectivity index (χ0v) is 15.6. The minimum Gasteiger partial charge on any atom is -0.364 e. The Labute approximate surface area is 160 Å². The van der Waals surface area contributed by atoms with Gasteiger partial charge in [0.15, 0.2) is 0 Å². The fraction of sp³-hybridized carbons (Fsp3) is 0.444. The third kappa shape index (κ3) is 6.07. The highest BCUT2D eigenvalue weighted by molar-refractivity contribution is 7.13. The van der Waals surface area contributed by atoms with Gasteiger partial charge >= 0.3 is 0 Å². The van der Waals surface area contributed by atoms with Crippen LogP contribution in [0.5, 0.6) is 0 Å². The van der Waals surface area contributed by atoms with E-state index >= 15 is 0 Å². The van der Waals surface area contributed by atoms with E-state index in [1.165, 1.54) is 30.7 Å². The zero-order chi connectivity index (χ0) is 19.1. The highest BCUT2D eigenvalue weighted by atomic mass is 32.1. The molecule has 27 heavy (non-hydrogen) atoms. The Morgan fingerprint density at radius 1 is 1.15 bits per heavy atom. The second kappa shape index (κ2) is 9.52. The van der Waals surface area contributed by atoms with Crippen LogP contribution in [0.25, 0.3) is 0 Å². The summed E-state index contributed by atoms with van der Waals surface area (Å²) in [6, 6.07) is 5.69. The van der Waals surface area contributed by atoms with Crippen molar-refractivity contribution in [2.45, 2.75) is 44.8 Å². The topological polar surface area (TPSA) is 93.2 Å². The first kappa shape index (κ1) is 19.4. The Balaban J connectivity index is 1.41. The molecule has 2 amide bonds. The van der Waals surface area contributed by atoms with Gasteiger partial charge < -0.3 is 15.4 Å². The van der Waals surface area contributed by atoms with Crippen molar-refractivity contribution in [3.05, 3.63) is 40.1 Å². The minimum absolute atomic E-state index is 0.0484. The summed E-state index contributed by atoms with van der Waals surface area (Å²) in [6.07, 6.45) is 5.58. The molecule has 144 valence electrons. The smallest absolute Gasteiger partial charge is 0.286 e. The fourth-order valence-electron chi connectivity index (χ4n) is 2.87. The molecule has 1 heterocycles. The maximum absolute atomic E-state index is 12.9. The Morgan fingerprint density at radius 2 is 1.89 bits per heavy atom. The van der Waals surface area contributed by atoms with Crippen LogP contribution in [0.15, 0.2) is 24.3 Å². The Bertz CT molecular complexity index is 775. The third-order valence-corrected chi connectivity index (χ3v) is 5.09. The molecule has 0 aliphatic heterocycles. The molecule has 1 fully saturated rings. The van der Waals surface area contributed by atoms with Gasteiger partial charge in [-0.25, -0.2) is 4.39 Å². The van der Waals surface area contributed by atoms with Crippen molar-refractivity contribution in [2.75, 3.05) is 11.9 Å². The van der Waals surface area contributed by atoms with E-state index in [4.69, 9.17) is 4.74 Å². The molecule has 0 bridgehead atoms. The Kier molecular flexibility index (Phi) is 6.83. The van der Waals surface area contributed by atoms with Gasteiger partial charge in [-0.3, -0.25) is 9.59 Å². The number of hydrogen-bond donors (Lipinski definition) is 2. The standard InChI is InChI=1S/C18H21FN4O3S/c19-12-6-8-14(9-7-12)21-17(25)18-23-22-16(27-18)11-26-10-15(24)20-13-4-2-1-3-5-13/h6-9,13H,1-5,10-11H2,(H,20,24)(H,21,25). The number of rotatable bonds is 7. The summed E-state index contributed by atoms with van der Waals surface area (Å²) >= 11 is 1.09. The molecule has 1 aliphatic carbocycles. The van der Waals surface area contributed by atoms with Crippen LogP contribution in [0.1, 0.15) is 46.9 Å². The molecule has 0 spiro atoms. The highest BCUT2D eigenvalue weighted by Crippen LogP contribution is 2.17. The Morgan fingerprint density at radius 3 is 2.63 bits per heavy atom. The van der Waals surface area contributed by atoms with Gasteiger partial charge in [0, 0.05) is 11.7 Å². The van der Waals surface area contributed by atoms with Gasteiger partial charge in [0.05, 0.1) is 0 Å². The van der Waals surface area contributed by atoms with Crippen molar-refractivity contribution in [3.63, 3.8) is 0 Å². The van der Waals surface area contributed by atoms with Gasteiger partial charge in [-0.15, -0.1) is 10.2 Å². The molecule has 0 atom stereocenters. The summed E-state index contributed by atoms with van der Waals surface area (Å²) < 4.78 is 18.3. The second-order valence-corrected chi connectivity index (χ2v) is 7.42. The number of anilines is 1. The summed E-state index contributed by atoms with van der Waals surface area (Å²) in [4.78, 5) is 24.0. The normalized spacial score (nSPS) is 14.7. The highest BCUT2D eigenvalue weighted by Gasteiger charge is 2.16. The molecule has 1 aromatic carbocycles. The third-order valence-electron chi connectivity index (χ3n) is 4.19. The maximum Gasteiger partial charge on any atom is 0.286 e. The lowest BCUT2D eigenvalue weighted by Gasteiger charge is -2.22. The Hall–Kier alpha value is -2.39. The number of nitrogens with zero attached hydrogens (tertiary/aromatic N) is 2. The molecule has 7 nitrogen and oxygen atoms in total. The number of aromatic nitrogens is 2. The number of halogens is 1. The molecule has 3 rings (SSSR count). The van der Waals surface area contributed by atoms with Crippen LogP contribution in [-0.2, 0) is 16.1 Å². The summed E-state index contributed by atoms with van der Waals surface area (Å²) in [5, 5.41) is 14.0. The van der Waals surface area contributed by atoms with Gasteiger partial charge in [0.1, 0.15) is 24.0 Å². The van der Waals surface area contributed by atoms with Crippen molar-refractivity contribution in [1.29, 1.82) is 0 Å². The van der Waals surface area contributed by atoms with Crippen molar-refractivity contribution in [2.24, 2.45) is 0 Å². The first-order valence-electron chi connectivity index (χ1n) is 8.86. The molecule has 0 unspecified atom stereocenters. The first-order valence-corrected chi connectivity index (χ1v) is 9.68. The number of carbonyl (C=O) groups is 2. The lowest BCUT2D eigenvalue weighted by molar-refractivity contribution is -0.127. The van der Waals surface area contributed by atoms with Gasteiger partial charge in [-0.05, 0) is 37.1 Å². The summed E-state index contributed by atoms with van der Waals surface area (Å²) in [7, 11) is 0. The molecule has 1 saturated carbocycles. The molecule has 2 aromatic rings. The quantitative estimate of drug-likeness (QED) is 0.756. The average Bonchev–Trinajstić information content (AvgIpc) is 3.13. The molecule has 1 aliphatic rings. The molecule has 2 N–H and O–H groups in total. The maximum atomic E-state index is 12.9. The number of nitrogens with one attached hydrogen (secondary N) is 2. The van der Waals surface area contributed by atoms with E-state index in [9.17, 15) is 14.0 Å². The van der Waals surface area contributed by atoms with Crippen molar-refractivity contribution < 1.29 is 18.7 Å². The molecule has 1 aromatic heterocycles. The van der Waals surface area contributed by atoms with Crippen molar-refractivity contribution in [3.8, 4) is 0 Å². The van der Waals surface area contributed by atoms with E-state index in [2.05, 4.69) is 20.8 Å². The summed E-state index contributed by atoms with van der Waals surface area (Å²) in [5.74, 6) is -0.947. The van der Waals surface area contributed by atoms with Gasteiger partial charge in [0.2, 0.25) is 10.9 Å². The summed E-state index contributed by atoms with van der Waals surface area (Å²) in [5.41, 5.74) is 0.466. The van der Waals surface area contributed by atoms with E-state index in [1.807, 2.05) is 0 Å². The van der Waals surface area contributed by atoms with Crippen LogP contribution >= 0.6 is 11.3 Å². The average molecular weight is 392 g/mol. The predicted octanol–water partition coefficient (Wildman–Crippen LogP) is 2.90. The van der Waals surface area contributed by atoms with Gasteiger partial charge in [-0.2, -0.15) is 0 Å². The van der Waals surface area contributed by atoms with Gasteiger partial charge in [0.25, 0.3) is 5.91 Å². The van der Waals surface area contributed by atoms with E-state index in [0.29, 0.717) is 10.7 Å². The van der Waals surface area contributed by atoms with Crippen molar-refractivity contribution in [1.82, 2.24) is 15.5 Å². The molecule has 9 heteroatoms. The van der Waals surface area contributed by atoms with E-state index in [1.54, 1.807) is 0 Å². The largest absolute Gasteiger partial charge is 0.364 e. The van der Waals surface area contributed by atoms with Crippen LogP contribution in [0.2, 0.25) is 0 Å². The fourth-order valence-corrected chi connectivity index (χ4v) is 3.54. The number of benzene rings is 1. The first-order chi connectivity index (χ1) is 13.1. The predicted molar refractivity (Wildman–Crippen MR) is 98.9 cm³/mol. The molecular weight excluding hydrogens is 371 g/mol. The summed E-state index contributed by atoms with van der Waals surface area (Å²) in [6.45, 7) is 0.0623. The lowest BCUT2D eigenvalue weighted by Crippen LogP contribution is -2.38. The molecular formula is C18H21FN4O3S. The number of carbonyl (C=O) groups excluding carboxylic acids is 2. The zero-order valence-electron chi connectivity index (χ0n) is 14.7. The van der Waals surface area contributed by atoms with Crippen LogP contribution in [-0.4, -0.2) is 34.7 Å². The van der Waals surface area contributed by atoms with Crippen LogP contribution < -0.4 is 10.6 Å². The lowest BCUT2D eigenvalue weighted by atomic mass is 9.95. The molecule has 0 radical (unpaired) electrons. The van der Waals surface area contributed by atoms with E-state index < -0.39 is 5.91 Å². The number of ether oxygens (including phenoxy) is 1. The second-order valence-electron chi connectivity index (χ2n) is 6.36. The SMILES string of the molecule is O=C(COCc1nnc(C(=O)Nc2ccc(F)cc2)s1)NC1CCCCC1. The number of hydrogen-bond acceptors (Lipinski definition) is 6. The monoisotopic (exact) mass is 392 g/mol. The van der Waals surface area contributed by atoms with Crippen molar-refractivity contribution >= 4 is 28.8 Å². The molecule has 0 saturated heterocycles. The number of amides is 2. The van der Waals surface area contributed by atoms with Crippen LogP contribution in [0.3, 0.4) is 0 Å². The minimum atomic E-state index is -0.430. The van der Waals surface area contributed by atoms with E-state index in [-0.39, 0.29) is 36.0 Å². The van der Waals surface area contributed by atoms with Crippen LogP contribution in [0.4, 0.5) is 10.1 Å². The van der Waals surface area contributed by atoms with E-state index in [0.717, 1.165) is 37.0 Å². The van der Waals surface area contributed by atoms with Gasteiger partial charge in [-0.1, -0.05) is 30.6 Å². The van der Waals surface area contributed by atoms with Crippen LogP contribution in [0, 0.1) is 5.82 Å².